The van der Waals surface area contributed by atoms with E-state index in [0.29, 0.717) is 11.1 Å². The Balaban J connectivity index is 1.66. The lowest BCUT2D eigenvalue weighted by Gasteiger charge is -2.17. The van der Waals surface area contributed by atoms with E-state index in [4.69, 9.17) is 0 Å². The number of halogens is 5. The summed E-state index contributed by atoms with van der Waals surface area (Å²) in [7, 11) is 1.42. The number of alkyl halides is 5. The van der Waals surface area contributed by atoms with E-state index in [0.717, 1.165) is 0 Å². The van der Waals surface area contributed by atoms with Crippen LogP contribution in [0.15, 0.2) is 28.8 Å². The quantitative estimate of drug-likeness (QED) is 0.784. The second-order valence-electron chi connectivity index (χ2n) is 5.83. The molecule has 25 heavy (non-hydrogen) atoms. The molecule has 1 aromatic carbocycles. The van der Waals surface area contributed by atoms with Crippen LogP contribution in [0.25, 0.3) is 11.4 Å². The second kappa shape index (κ2) is 5.78. The first kappa shape index (κ1) is 17.3. The summed E-state index contributed by atoms with van der Waals surface area (Å²) in [5, 5.41) is 3.27. The van der Waals surface area contributed by atoms with Gasteiger partial charge in [-0.25, -0.2) is 8.78 Å². The molecule has 1 saturated carbocycles. The third-order valence-corrected chi connectivity index (χ3v) is 3.80. The van der Waals surface area contributed by atoms with Crippen LogP contribution in [0.3, 0.4) is 0 Å². The minimum absolute atomic E-state index is 0.103. The van der Waals surface area contributed by atoms with Crippen LogP contribution in [0.5, 0.6) is 0 Å². The number of nitrogens with zero attached hydrogens (tertiary/aromatic N) is 3. The first-order valence-corrected chi connectivity index (χ1v) is 7.21. The van der Waals surface area contributed by atoms with Crippen LogP contribution in [0, 0.1) is 5.92 Å². The monoisotopic (exact) mass is 361 g/mol. The molecule has 1 heterocycles. The number of hydrogen-bond acceptors (Lipinski definition) is 4. The summed E-state index contributed by atoms with van der Waals surface area (Å²) in [4.78, 5) is 16.3. The van der Waals surface area contributed by atoms with Gasteiger partial charge in [-0.1, -0.05) is 29.4 Å². The third-order valence-electron chi connectivity index (χ3n) is 3.80. The minimum atomic E-state index is -4.72. The van der Waals surface area contributed by atoms with Crippen LogP contribution >= 0.6 is 0 Å². The van der Waals surface area contributed by atoms with Gasteiger partial charge in [0.2, 0.25) is 11.7 Å². The number of hydrogen-bond donors (Lipinski definition) is 0. The van der Waals surface area contributed by atoms with E-state index in [-0.39, 0.29) is 12.4 Å². The van der Waals surface area contributed by atoms with Crippen molar-refractivity contribution in [1.29, 1.82) is 0 Å². The summed E-state index contributed by atoms with van der Waals surface area (Å²) in [5.41, 5.74) is 0.925. The molecule has 1 aromatic heterocycles. The average Bonchev–Trinajstić information content (AvgIpc) is 2.96. The lowest BCUT2D eigenvalue weighted by Crippen LogP contribution is -2.29. The number of benzene rings is 1. The molecule has 10 heteroatoms. The molecular formula is C15H12F5N3O2. The van der Waals surface area contributed by atoms with E-state index in [2.05, 4.69) is 14.7 Å². The van der Waals surface area contributed by atoms with E-state index in [9.17, 15) is 26.7 Å². The molecular weight excluding hydrogens is 349 g/mol. The third kappa shape index (κ3) is 3.62. The number of carbonyl (C=O) groups is 1. The van der Waals surface area contributed by atoms with Gasteiger partial charge in [-0.3, -0.25) is 4.79 Å². The van der Waals surface area contributed by atoms with E-state index in [1.54, 1.807) is 12.1 Å². The fourth-order valence-corrected chi connectivity index (χ4v) is 2.31. The Bertz CT molecular complexity index is 785. The summed E-state index contributed by atoms with van der Waals surface area (Å²) in [5.74, 6) is -6.49. The Labute approximate surface area is 138 Å². The summed E-state index contributed by atoms with van der Waals surface area (Å²) >= 11 is 0. The SMILES string of the molecule is CN(Cc1ccc(-c2noc(C(F)(F)F)n2)cc1)C(=O)C1CC1(F)F. The highest BCUT2D eigenvalue weighted by molar-refractivity contribution is 5.82. The second-order valence-corrected chi connectivity index (χ2v) is 5.83. The predicted molar refractivity (Wildman–Crippen MR) is 74.3 cm³/mol. The molecule has 0 N–H and O–H groups in total. The molecule has 1 fully saturated rings. The molecule has 3 rings (SSSR count). The van der Waals surface area contributed by atoms with Gasteiger partial charge in [0.05, 0.1) is 0 Å². The first-order chi connectivity index (χ1) is 11.6. The predicted octanol–water partition coefficient (Wildman–Crippen LogP) is 3.37. The van der Waals surface area contributed by atoms with Crippen molar-refractivity contribution in [3.05, 3.63) is 35.7 Å². The highest BCUT2D eigenvalue weighted by atomic mass is 19.4. The number of carbonyl (C=O) groups excluding carboxylic acids is 1. The van der Waals surface area contributed by atoms with Crippen LogP contribution in [0.1, 0.15) is 17.9 Å². The van der Waals surface area contributed by atoms with E-state index < -0.39 is 36.2 Å². The maximum absolute atomic E-state index is 12.9. The normalized spacial score (nSPS) is 18.9. The molecule has 0 bridgehead atoms. The smallest absolute Gasteiger partial charge is 0.341 e. The topological polar surface area (TPSA) is 59.2 Å². The van der Waals surface area contributed by atoms with Crippen LogP contribution in [-0.2, 0) is 17.5 Å². The average molecular weight is 361 g/mol. The molecule has 134 valence electrons. The summed E-state index contributed by atoms with van der Waals surface area (Å²) in [6, 6.07) is 6.02. The van der Waals surface area contributed by atoms with Crippen LogP contribution < -0.4 is 0 Å². The van der Waals surface area contributed by atoms with Gasteiger partial charge in [-0.05, 0) is 5.56 Å². The molecule has 2 aromatic rings. The van der Waals surface area contributed by atoms with Crippen molar-refractivity contribution in [2.75, 3.05) is 7.05 Å². The molecule has 0 aliphatic heterocycles. The fourth-order valence-electron chi connectivity index (χ4n) is 2.31. The van der Waals surface area contributed by atoms with Gasteiger partial charge < -0.3 is 9.42 Å². The zero-order valence-corrected chi connectivity index (χ0v) is 12.8. The first-order valence-electron chi connectivity index (χ1n) is 7.21. The Morgan fingerprint density at radius 1 is 1.32 bits per heavy atom. The lowest BCUT2D eigenvalue weighted by molar-refractivity contribution is -0.159. The van der Waals surface area contributed by atoms with Gasteiger partial charge in [0.25, 0.3) is 5.92 Å². The summed E-state index contributed by atoms with van der Waals surface area (Å²) in [6.45, 7) is 0.103. The van der Waals surface area contributed by atoms with Crippen molar-refractivity contribution in [3.63, 3.8) is 0 Å². The molecule has 0 spiro atoms. The standard InChI is InChI=1S/C15H12F5N3O2/c1-23(12(24)10-6-14(10,16)17)7-8-2-4-9(5-3-8)11-21-13(25-22-11)15(18,19)20/h2-5,10H,6-7H2,1H3. The fraction of sp³-hybridized carbons (Fsp3) is 0.400. The number of amides is 1. The van der Waals surface area contributed by atoms with Gasteiger partial charge in [0.1, 0.15) is 5.92 Å². The minimum Gasteiger partial charge on any atom is -0.341 e. The Hall–Kier alpha value is -2.52. The van der Waals surface area contributed by atoms with Crippen molar-refractivity contribution in [1.82, 2.24) is 15.0 Å². The van der Waals surface area contributed by atoms with Crippen LogP contribution in [0.2, 0.25) is 0 Å². The Morgan fingerprint density at radius 3 is 2.40 bits per heavy atom. The zero-order chi connectivity index (χ0) is 18.4. The largest absolute Gasteiger partial charge is 0.471 e. The van der Waals surface area contributed by atoms with E-state index in [1.165, 1.54) is 24.1 Å². The van der Waals surface area contributed by atoms with Crippen molar-refractivity contribution in [2.45, 2.75) is 25.1 Å². The van der Waals surface area contributed by atoms with Crippen molar-refractivity contribution < 1.29 is 31.3 Å². The number of rotatable bonds is 4. The highest BCUT2D eigenvalue weighted by Gasteiger charge is 2.61. The molecule has 1 atom stereocenters. The van der Waals surface area contributed by atoms with Crippen LogP contribution in [-0.4, -0.2) is 33.9 Å². The molecule has 1 aliphatic rings. The van der Waals surface area contributed by atoms with Gasteiger partial charge in [-0.15, -0.1) is 0 Å². The molecule has 0 radical (unpaired) electrons. The zero-order valence-electron chi connectivity index (χ0n) is 12.8. The molecule has 1 aliphatic carbocycles. The van der Waals surface area contributed by atoms with Crippen LogP contribution in [0.4, 0.5) is 22.0 Å². The highest BCUT2D eigenvalue weighted by Crippen LogP contribution is 2.49. The van der Waals surface area contributed by atoms with Gasteiger partial charge >= 0.3 is 12.1 Å². The van der Waals surface area contributed by atoms with Crippen molar-refractivity contribution >= 4 is 5.91 Å². The molecule has 1 unspecified atom stereocenters. The molecule has 0 saturated heterocycles. The molecule has 5 nitrogen and oxygen atoms in total. The Morgan fingerprint density at radius 2 is 1.92 bits per heavy atom. The maximum atomic E-state index is 12.9. The van der Waals surface area contributed by atoms with Gasteiger partial charge in [0.15, 0.2) is 0 Å². The van der Waals surface area contributed by atoms with E-state index >= 15 is 0 Å². The van der Waals surface area contributed by atoms with Crippen molar-refractivity contribution in [3.8, 4) is 11.4 Å². The van der Waals surface area contributed by atoms with Crippen molar-refractivity contribution in [2.24, 2.45) is 5.92 Å². The maximum Gasteiger partial charge on any atom is 0.471 e. The number of aromatic nitrogens is 2. The molecule has 1 amide bonds. The van der Waals surface area contributed by atoms with Gasteiger partial charge in [-0.2, -0.15) is 18.2 Å². The van der Waals surface area contributed by atoms with E-state index in [1.807, 2.05) is 0 Å². The Kier molecular flexibility index (Phi) is 4.00. The summed E-state index contributed by atoms with van der Waals surface area (Å²) < 4.78 is 67.3. The van der Waals surface area contributed by atoms with Gasteiger partial charge in [0, 0.05) is 25.6 Å². The summed E-state index contributed by atoms with van der Waals surface area (Å²) in [6.07, 6.45) is -5.16. The lowest BCUT2D eigenvalue weighted by atomic mass is 10.1.